The average molecular weight is 262 g/mol. The fourth-order valence-corrected chi connectivity index (χ4v) is 2.98. The van der Waals surface area contributed by atoms with E-state index in [4.69, 9.17) is 5.73 Å². The second kappa shape index (κ2) is 5.30. The molecular formula is C13H22N6. The Balaban J connectivity index is 1.51. The van der Waals surface area contributed by atoms with Crippen LogP contribution in [0.25, 0.3) is 0 Å². The molecule has 2 aliphatic heterocycles. The molecule has 1 aromatic rings. The number of nitrogens with two attached hydrogens (primary N) is 1. The van der Waals surface area contributed by atoms with Gasteiger partial charge in [-0.05, 0) is 19.9 Å². The molecule has 6 heteroatoms. The van der Waals surface area contributed by atoms with Crippen molar-refractivity contribution in [2.45, 2.75) is 24.9 Å². The Morgan fingerprint density at radius 1 is 1.21 bits per heavy atom. The summed E-state index contributed by atoms with van der Waals surface area (Å²) in [7, 11) is 2.05. The van der Waals surface area contributed by atoms with E-state index in [0.29, 0.717) is 12.0 Å². The summed E-state index contributed by atoms with van der Waals surface area (Å²) in [4.78, 5) is 13.1. The topological polar surface area (TPSA) is 70.3 Å². The minimum absolute atomic E-state index is 0.345. The number of hydrogen-bond acceptors (Lipinski definition) is 6. The summed E-state index contributed by atoms with van der Waals surface area (Å²) >= 11 is 0. The molecule has 6 nitrogen and oxygen atoms in total. The van der Waals surface area contributed by atoms with Gasteiger partial charge in [-0.1, -0.05) is 0 Å². The lowest BCUT2D eigenvalue weighted by atomic mass is 9.97. The Kier molecular flexibility index (Phi) is 3.52. The zero-order chi connectivity index (χ0) is 13.2. The zero-order valence-corrected chi connectivity index (χ0v) is 11.4. The number of nitrogens with zero attached hydrogens (tertiary/aromatic N) is 4. The van der Waals surface area contributed by atoms with Gasteiger partial charge < -0.3 is 16.0 Å². The van der Waals surface area contributed by atoms with E-state index in [0.717, 1.165) is 24.8 Å². The van der Waals surface area contributed by atoms with Gasteiger partial charge in [-0.3, -0.25) is 4.90 Å². The first-order valence-corrected chi connectivity index (χ1v) is 7.00. The van der Waals surface area contributed by atoms with Crippen molar-refractivity contribution in [2.75, 3.05) is 43.9 Å². The lowest BCUT2D eigenvalue weighted by molar-refractivity contribution is 0.0663. The number of hydrogen-bond donors (Lipinski definition) is 2. The third-order valence-electron chi connectivity index (χ3n) is 4.32. The standard InChI is InChI=1S/C13H22N6/c1-15-10-8-19(9-10)11-2-4-18(5-3-11)12-6-16-13(14)17-7-12/h6-7,10-11,15H,2-5,8-9H2,1H3,(H2,14,16,17). The lowest BCUT2D eigenvalue weighted by Gasteiger charge is -2.47. The molecule has 0 aliphatic carbocycles. The molecule has 0 amide bonds. The molecule has 2 fully saturated rings. The van der Waals surface area contributed by atoms with Crippen LogP contribution in [0.4, 0.5) is 11.6 Å². The maximum Gasteiger partial charge on any atom is 0.220 e. The predicted molar refractivity (Wildman–Crippen MR) is 76.1 cm³/mol. The second-order valence-electron chi connectivity index (χ2n) is 5.46. The Labute approximate surface area is 114 Å². The summed E-state index contributed by atoms with van der Waals surface area (Å²) in [5.41, 5.74) is 6.60. The molecule has 0 atom stereocenters. The van der Waals surface area contributed by atoms with Crippen molar-refractivity contribution in [3.05, 3.63) is 12.4 Å². The van der Waals surface area contributed by atoms with E-state index < -0.39 is 0 Å². The second-order valence-corrected chi connectivity index (χ2v) is 5.46. The van der Waals surface area contributed by atoms with Crippen molar-refractivity contribution >= 4 is 11.6 Å². The normalized spacial score (nSPS) is 22.5. The highest BCUT2D eigenvalue weighted by Gasteiger charge is 2.33. The largest absolute Gasteiger partial charge is 0.369 e. The van der Waals surface area contributed by atoms with Crippen LogP contribution in [0, 0.1) is 0 Å². The Morgan fingerprint density at radius 3 is 2.42 bits per heavy atom. The molecule has 104 valence electrons. The fourth-order valence-electron chi connectivity index (χ4n) is 2.98. The van der Waals surface area contributed by atoms with Gasteiger partial charge in [0.25, 0.3) is 0 Å². The van der Waals surface area contributed by atoms with Gasteiger partial charge in [-0.2, -0.15) is 0 Å². The number of anilines is 2. The van der Waals surface area contributed by atoms with Crippen LogP contribution < -0.4 is 16.0 Å². The Morgan fingerprint density at radius 2 is 1.84 bits per heavy atom. The van der Waals surface area contributed by atoms with E-state index in [-0.39, 0.29) is 0 Å². The minimum Gasteiger partial charge on any atom is -0.369 e. The van der Waals surface area contributed by atoms with Crippen molar-refractivity contribution in [3.8, 4) is 0 Å². The number of likely N-dealkylation sites (tertiary alicyclic amines) is 1. The van der Waals surface area contributed by atoms with Crippen LogP contribution in [0.2, 0.25) is 0 Å². The first-order chi connectivity index (χ1) is 9.26. The molecule has 0 unspecified atom stereocenters. The molecule has 2 saturated heterocycles. The van der Waals surface area contributed by atoms with Crippen molar-refractivity contribution in [1.82, 2.24) is 20.2 Å². The summed E-state index contributed by atoms with van der Waals surface area (Å²) in [6.07, 6.45) is 6.09. The molecule has 3 rings (SSSR count). The number of nitrogens with one attached hydrogen (secondary N) is 1. The molecule has 0 aromatic carbocycles. The third-order valence-corrected chi connectivity index (χ3v) is 4.32. The number of likely N-dealkylation sites (N-methyl/N-ethyl adjacent to an activating group) is 1. The van der Waals surface area contributed by atoms with Crippen LogP contribution in [0.5, 0.6) is 0 Å². The van der Waals surface area contributed by atoms with E-state index in [1.54, 1.807) is 0 Å². The number of aromatic nitrogens is 2. The predicted octanol–water partition coefficient (Wildman–Crippen LogP) is -0.0688. The number of rotatable bonds is 3. The number of nitrogen functional groups attached to an aromatic ring is 1. The maximum atomic E-state index is 5.52. The summed E-state index contributed by atoms with van der Waals surface area (Å²) in [5, 5.41) is 3.33. The van der Waals surface area contributed by atoms with Crippen LogP contribution in [0.1, 0.15) is 12.8 Å². The summed E-state index contributed by atoms with van der Waals surface area (Å²) in [5.74, 6) is 0.345. The summed E-state index contributed by atoms with van der Waals surface area (Å²) in [6.45, 7) is 4.57. The first-order valence-electron chi connectivity index (χ1n) is 7.00. The monoisotopic (exact) mass is 262 g/mol. The maximum absolute atomic E-state index is 5.52. The van der Waals surface area contributed by atoms with Crippen LogP contribution >= 0.6 is 0 Å². The number of piperidine rings is 1. The van der Waals surface area contributed by atoms with Gasteiger partial charge in [0.15, 0.2) is 0 Å². The Bertz CT molecular complexity index is 406. The first kappa shape index (κ1) is 12.6. The smallest absolute Gasteiger partial charge is 0.220 e. The van der Waals surface area contributed by atoms with E-state index in [1.807, 2.05) is 19.4 Å². The molecule has 0 bridgehead atoms. The Hall–Kier alpha value is -1.40. The molecule has 0 saturated carbocycles. The van der Waals surface area contributed by atoms with Crippen LogP contribution in [0.3, 0.4) is 0 Å². The van der Waals surface area contributed by atoms with Crippen LogP contribution in [0.15, 0.2) is 12.4 Å². The third kappa shape index (κ3) is 2.64. The van der Waals surface area contributed by atoms with E-state index >= 15 is 0 Å². The van der Waals surface area contributed by atoms with Gasteiger partial charge in [-0.25, -0.2) is 9.97 Å². The fraction of sp³-hybridized carbons (Fsp3) is 0.692. The molecule has 0 radical (unpaired) electrons. The van der Waals surface area contributed by atoms with Gasteiger partial charge in [-0.15, -0.1) is 0 Å². The van der Waals surface area contributed by atoms with E-state index in [9.17, 15) is 0 Å². The SMILES string of the molecule is CNC1CN(C2CCN(c3cnc(N)nc3)CC2)C1. The van der Waals surface area contributed by atoms with E-state index in [1.165, 1.54) is 25.9 Å². The van der Waals surface area contributed by atoms with Crippen molar-refractivity contribution in [2.24, 2.45) is 0 Å². The van der Waals surface area contributed by atoms with Crippen LogP contribution in [-0.2, 0) is 0 Å². The van der Waals surface area contributed by atoms with Gasteiger partial charge in [0, 0.05) is 38.3 Å². The highest BCUT2D eigenvalue weighted by molar-refractivity contribution is 5.44. The van der Waals surface area contributed by atoms with Gasteiger partial charge in [0.1, 0.15) is 0 Å². The van der Waals surface area contributed by atoms with Gasteiger partial charge >= 0.3 is 0 Å². The van der Waals surface area contributed by atoms with Crippen molar-refractivity contribution < 1.29 is 0 Å². The summed E-state index contributed by atoms with van der Waals surface area (Å²) in [6, 6.07) is 1.44. The van der Waals surface area contributed by atoms with Crippen LogP contribution in [-0.4, -0.2) is 60.2 Å². The quantitative estimate of drug-likeness (QED) is 0.795. The average Bonchev–Trinajstić information content (AvgIpc) is 2.39. The van der Waals surface area contributed by atoms with Gasteiger partial charge in [0.2, 0.25) is 5.95 Å². The van der Waals surface area contributed by atoms with Crippen molar-refractivity contribution in [1.29, 1.82) is 0 Å². The molecule has 0 spiro atoms. The van der Waals surface area contributed by atoms with Gasteiger partial charge in [0.05, 0.1) is 18.1 Å². The highest BCUT2D eigenvalue weighted by Crippen LogP contribution is 2.24. The molecule has 3 heterocycles. The molecule has 3 N–H and O–H groups in total. The molecule has 1 aromatic heterocycles. The molecular weight excluding hydrogens is 240 g/mol. The molecule has 2 aliphatic rings. The van der Waals surface area contributed by atoms with Crippen molar-refractivity contribution in [3.63, 3.8) is 0 Å². The highest BCUT2D eigenvalue weighted by atomic mass is 15.3. The molecule has 19 heavy (non-hydrogen) atoms. The van der Waals surface area contributed by atoms with E-state index in [2.05, 4.69) is 25.1 Å². The lowest BCUT2D eigenvalue weighted by Crippen LogP contribution is -2.61. The zero-order valence-electron chi connectivity index (χ0n) is 11.4. The summed E-state index contributed by atoms with van der Waals surface area (Å²) < 4.78 is 0. The minimum atomic E-state index is 0.345.